The van der Waals surface area contributed by atoms with E-state index in [4.69, 9.17) is 4.98 Å². The molecule has 2 saturated heterocycles. The highest BCUT2D eigenvalue weighted by molar-refractivity contribution is 5.85. The van der Waals surface area contributed by atoms with Crippen molar-refractivity contribution < 1.29 is 0 Å². The highest BCUT2D eigenvalue weighted by atomic mass is 35.5. The van der Waals surface area contributed by atoms with E-state index in [1.54, 1.807) is 0 Å². The second-order valence-electron chi connectivity index (χ2n) is 7.96. The maximum atomic E-state index is 9.64. The molecule has 1 aromatic carbocycles. The number of halogens is 2. The summed E-state index contributed by atoms with van der Waals surface area (Å²) < 4.78 is 0. The Morgan fingerprint density at radius 1 is 1.04 bits per heavy atom. The first-order valence-electron chi connectivity index (χ1n) is 9.38. The van der Waals surface area contributed by atoms with E-state index in [1.165, 1.54) is 11.1 Å². The second kappa shape index (κ2) is 8.69. The van der Waals surface area contributed by atoms with Crippen molar-refractivity contribution in [3.63, 3.8) is 0 Å². The summed E-state index contributed by atoms with van der Waals surface area (Å²) in [6.45, 7) is 9.30. The zero-order valence-electron chi connectivity index (χ0n) is 16.8. The van der Waals surface area contributed by atoms with Gasteiger partial charge in [-0.15, -0.1) is 24.8 Å². The molecule has 0 aliphatic carbocycles. The molecule has 0 saturated carbocycles. The number of likely N-dealkylation sites (tertiary alicyclic amines) is 1. The number of nitrogens with zero attached hydrogens (tertiary/aromatic N) is 4. The average Bonchev–Trinajstić information content (AvgIpc) is 3.12. The smallest absolute Gasteiger partial charge is 0.147 e. The van der Waals surface area contributed by atoms with E-state index in [2.05, 4.69) is 54.1 Å². The van der Waals surface area contributed by atoms with E-state index >= 15 is 0 Å². The molecule has 2 aliphatic rings. The number of fused-ring (bicyclic) bond motifs is 1. The van der Waals surface area contributed by atoms with Gasteiger partial charge in [0.15, 0.2) is 0 Å². The van der Waals surface area contributed by atoms with Gasteiger partial charge >= 0.3 is 0 Å². The molecule has 3 heterocycles. The Kier molecular flexibility index (Phi) is 6.98. The van der Waals surface area contributed by atoms with Crippen LogP contribution in [0.1, 0.15) is 34.0 Å². The van der Waals surface area contributed by atoms with Crippen molar-refractivity contribution in [2.24, 2.45) is 11.8 Å². The minimum absolute atomic E-state index is 0. The second-order valence-corrected chi connectivity index (χ2v) is 7.96. The third kappa shape index (κ3) is 3.72. The Bertz CT molecular complexity index is 893. The van der Waals surface area contributed by atoms with Gasteiger partial charge in [-0.1, -0.05) is 24.3 Å². The van der Waals surface area contributed by atoms with E-state index in [-0.39, 0.29) is 24.8 Å². The normalized spacial score (nSPS) is 23.5. The molecule has 2 fully saturated rings. The van der Waals surface area contributed by atoms with Crippen molar-refractivity contribution in [1.82, 2.24) is 9.88 Å². The SMILES string of the molecule is Cc1cc(C)c(C#N)c(N2C[C@@H]3CN(C)[C@@H](c4ccccc4C)[C@@H]3C2)n1.Cl.Cl. The van der Waals surface area contributed by atoms with Crippen LogP contribution in [0.2, 0.25) is 0 Å². The fourth-order valence-corrected chi connectivity index (χ4v) is 5.00. The quantitative estimate of drug-likeness (QED) is 0.721. The molecule has 0 spiro atoms. The van der Waals surface area contributed by atoms with E-state index in [0.29, 0.717) is 17.9 Å². The number of hydrogen-bond acceptors (Lipinski definition) is 4. The molecule has 1 aromatic heterocycles. The average molecular weight is 419 g/mol. The number of hydrogen-bond donors (Lipinski definition) is 0. The number of aryl methyl sites for hydroxylation is 3. The summed E-state index contributed by atoms with van der Waals surface area (Å²) in [6, 6.07) is 13.6. The van der Waals surface area contributed by atoms with Crippen LogP contribution in [0.15, 0.2) is 30.3 Å². The van der Waals surface area contributed by atoms with Gasteiger partial charge in [-0.25, -0.2) is 4.98 Å². The van der Waals surface area contributed by atoms with Crippen LogP contribution in [0.4, 0.5) is 5.82 Å². The molecule has 4 nitrogen and oxygen atoms in total. The van der Waals surface area contributed by atoms with Gasteiger partial charge in [0.2, 0.25) is 0 Å². The minimum atomic E-state index is 0. The van der Waals surface area contributed by atoms with Crippen LogP contribution < -0.4 is 4.90 Å². The van der Waals surface area contributed by atoms with Gasteiger partial charge in [-0.05, 0) is 56.5 Å². The molecule has 0 amide bonds. The third-order valence-electron chi connectivity index (χ3n) is 6.14. The monoisotopic (exact) mass is 418 g/mol. The van der Waals surface area contributed by atoms with Crippen molar-refractivity contribution in [1.29, 1.82) is 5.26 Å². The Hall–Kier alpha value is -1.80. The number of aromatic nitrogens is 1. The molecule has 2 aliphatic heterocycles. The first-order chi connectivity index (χ1) is 12.5. The van der Waals surface area contributed by atoms with Crippen LogP contribution in [0.5, 0.6) is 0 Å². The summed E-state index contributed by atoms with van der Waals surface area (Å²) in [5.41, 5.74) is 5.56. The van der Waals surface area contributed by atoms with Crippen LogP contribution in [0.3, 0.4) is 0 Å². The van der Waals surface area contributed by atoms with Crippen molar-refractivity contribution in [3.05, 3.63) is 58.3 Å². The number of anilines is 1. The van der Waals surface area contributed by atoms with Gasteiger partial charge < -0.3 is 4.90 Å². The summed E-state index contributed by atoms with van der Waals surface area (Å²) in [7, 11) is 2.25. The number of rotatable bonds is 2. The molecular weight excluding hydrogens is 391 g/mol. The Morgan fingerprint density at radius 2 is 1.75 bits per heavy atom. The lowest BCUT2D eigenvalue weighted by Crippen LogP contribution is -2.30. The van der Waals surface area contributed by atoms with E-state index in [1.807, 2.05) is 19.9 Å². The Morgan fingerprint density at radius 3 is 2.43 bits per heavy atom. The summed E-state index contributed by atoms with van der Waals surface area (Å²) in [6.07, 6.45) is 0. The molecular formula is C22H28Cl2N4. The third-order valence-corrected chi connectivity index (χ3v) is 6.14. The zero-order chi connectivity index (χ0) is 18.4. The molecule has 2 aromatic rings. The predicted molar refractivity (Wildman–Crippen MR) is 119 cm³/mol. The molecule has 0 radical (unpaired) electrons. The van der Waals surface area contributed by atoms with Crippen molar-refractivity contribution in [3.8, 4) is 6.07 Å². The zero-order valence-corrected chi connectivity index (χ0v) is 18.5. The lowest BCUT2D eigenvalue weighted by molar-refractivity contribution is 0.279. The maximum Gasteiger partial charge on any atom is 0.147 e. The summed E-state index contributed by atoms with van der Waals surface area (Å²) in [5, 5.41) is 9.64. The van der Waals surface area contributed by atoms with E-state index in [9.17, 15) is 5.26 Å². The van der Waals surface area contributed by atoms with Gasteiger partial charge in [0.1, 0.15) is 11.9 Å². The topological polar surface area (TPSA) is 43.2 Å². The molecule has 3 atom stereocenters. The lowest BCUT2D eigenvalue weighted by atomic mass is 9.88. The molecule has 0 unspecified atom stereocenters. The minimum Gasteiger partial charge on any atom is -0.355 e. The van der Waals surface area contributed by atoms with Gasteiger partial charge in [-0.2, -0.15) is 5.26 Å². The summed E-state index contributed by atoms with van der Waals surface area (Å²) in [4.78, 5) is 9.60. The van der Waals surface area contributed by atoms with Gasteiger partial charge in [0.05, 0.1) is 5.56 Å². The van der Waals surface area contributed by atoms with Crippen molar-refractivity contribution in [2.75, 3.05) is 31.6 Å². The first-order valence-corrected chi connectivity index (χ1v) is 9.38. The fraction of sp³-hybridized carbons (Fsp3) is 0.455. The summed E-state index contributed by atoms with van der Waals surface area (Å²) >= 11 is 0. The standard InChI is InChI=1S/C22H26N4.2ClH/c1-14-7-5-6-8-18(14)21-20-13-26(12-17(20)11-25(21)4)22-19(10-23)15(2)9-16(3)24-22;;/h5-9,17,20-21H,11-13H2,1-4H3;2*1H/t17-,20+,21-;;/m0../s1. The summed E-state index contributed by atoms with van der Waals surface area (Å²) in [5.74, 6) is 2.08. The van der Waals surface area contributed by atoms with Gasteiger partial charge in [0.25, 0.3) is 0 Å². The number of pyridine rings is 1. The molecule has 28 heavy (non-hydrogen) atoms. The first kappa shape index (κ1) is 22.5. The van der Waals surface area contributed by atoms with E-state index in [0.717, 1.165) is 42.3 Å². The Labute approximate surface area is 180 Å². The molecule has 0 N–H and O–H groups in total. The Balaban J connectivity index is 0.00000140. The molecule has 6 heteroatoms. The van der Waals surface area contributed by atoms with Crippen LogP contribution in [-0.2, 0) is 0 Å². The van der Waals surface area contributed by atoms with E-state index < -0.39 is 0 Å². The van der Waals surface area contributed by atoms with Gasteiger partial charge in [-0.3, -0.25) is 4.90 Å². The molecule has 4 rings (SSSR count). The van der Waals surface area contributed by atoms with Crippen LogP contribution in [-0.4, -0.2) is 36.6 Å². The van der Waals surface area contributed by atoms with Crippen molar-refractivity contribution >= 4 is 30.6 Å². The fourth-order valence-electron chi connectivity index (χ4n) is 5.00. The highest BCUT2D eigenvalue weighted by Gasteiger charge is 2.47. The molecule has 0 bridgehead atoms. The van der Waals surface area contributed by atoms with Crippen LogP contribution in [0.25, 0.3) is 0 Å². The predicted octanol–water partition coefficient (Wildman–Crippen LogP) is 4.46. The maximum absolute atomic E-state index is 9.64. The molecule has 150 valence electrons. The van der Waals surface area contributed by atoms with Crippen LogP contribution in [0, 0.1) is 43.9 Å². The van der Waals surface area contributed by atoms with Crippen LogP contribution >= 0.6 is 24.8 Å². The highest BCUT2D eigenvalue weighted by Crippen LogP contribution is 2.46. The largest absolute Gasteiger partial charge is 0.355 e. The number of nitriles is 1. The lowest BCUT2D eigenvalue weighted by Gasteiger charge is -2.28. The number of benzene rings is 1. The van der Waals surface area contributed by atoms with Gasteiger partial charge in [0, 0.05) is 37.3 Å². The van der Waals surface area contributed by atoms with Crippen molar-refractivity contribution in [2.45, 2.75) is 26.8 Å².